The first kappa shape index (κ1) is 13.9. The maximum absolute atomic E-state index is 11.5. The Balaban J connectivity index is 2.50. The van der Waals surface area contributed by atoms with Crippen molar-refractivity contribution in [2.45, 2.75) is 20.4 Å². The van der Waals surface area contributed by atoms with E-state index in [9.17, 15) is 9.59 Å². The van der Waals surface area contributed by atoms with Gasteiger partial charge in [-0.25, -0.2) is 9.59 Å². The Labute approximate surface area is 115 Å². The fourth-order valence-corrected chi connectivity index (χ4v) is 2.06. The third-order valence-electron chi connectivity index (χ3n) is 3.06. The highest BCUT2D eigenvalue weighted by atomic mass is 16.5. The van der Waals surface area contributed by atoms with E-state index < -0.39 is 11.6 Å². The fraction of sp³-hybridized carbons (Fsp3) is 0.286. The molecule has 0 fully saturated rings. The molecular weight excluding hydrogens is 262 g/mol. The maximum Gasteiger partial charge on any atom is 0.361 e. The van der Waals surface area contributed by atoms with Crippen LogP contribution in [0.3, 0.4) is 0 Å². The first-order valence-corrected chi connectivity index (χ1v) is 6.01. The topological polar surface area (TPSA) is 81.7 Å². The predicted octanol–water partition coefficient (Wildman–Crippen LogP) is 1.81. The average molecular weight is 277 g/mol. The number of hydrogen-bond donors (Lipinski definition) is 1. The summed E-state index contributed by atoms with van der Waals surface area (Å²) >= 11 is 0. The van der Waals surface area contributed by atoms with Crippen molar-refractivity contribution >= 4 is 5.97 Å². The molecule has 0 amide bonds. The monoisotopic (exact) mass is 277 g/mol. The second-order valence-corrected chi connectivity index (χ2v) is 4.51. The molecule has 0 aliphatic heterocycles. The normalized spacial score (nSPS) is 10.6. The lowest BCUT2D eigenvalue weighted by Crippen LogP contribution is -2.10. The van der Waals surface area contributed by atoms with E-state index >= 15 is 0 Å². The number of methoxy groups -OCH3 is 1. The summed E-state index contributed by atoms with van der Waals surface area (Å²) < 4.78 is 11.3. The molecule has 0 atom stereocenters. The molecule has 0 saturated carbocycles. The van der Waals surface area contributed by atoms with E-state index in [1.54, 1.807) is 6.07 Å². The van der Waals surface area contributed by atoms with Crippen LogP contribution in [0.5, 0.6) is 5.75 Å². The lowest BCUT2D eigenvalue weighted by atomic mass is 10.1. The summed E-state index contributed by atoms with van der Waals surface area (Å²) in [6.45, 7) is 3.47. The lowest BCUT2D eigenvalue weighted by Gasteiger charge is -2.10. The highest BCUT2D eigenvalue weighted by molar-refractivity contribution is 5.87. The van der Waals surface area contributed by atoms with Crippen LogP contribution in [-0.2, 0) is 6.54 Å². The smallest absolute Gasteiger partial charge is 0.361 e. The number of carbonyl (C=O) groups is 1. The molecule has 0 aliphatic rings. The van der Waals surface area contributed by atoms with E-state index in [1.807, 2.05) is 19.1 Å². The maximum atomic E-state index is 11.5. The minimum atomic E-state index is -1.19. The van der Waals surface area contributed by atoms with Crippen molar-refractivity contribution in [3.05, 3.63) is 51.0 Å². The second-order valence-electron chi connectivity index (χ2n) is 4.51. The van der Waals surface area contributed by atoms with Crippen LogP contribution >= 0.6 is 0 Å². The molecule has 1 heterocycles. The van der Waals surface area contributed by atoms with Crippen molar-refractivity contribution in [2.24, 2.45) is 0 Å². The number of aromatic nitrogens is 1. The molecule has 20 heavy (non-hydrogen) atoms. The zero-order valence-corrected chi connectivity index (χ0v) is 11.5. The molecule has 6 heteroatoms. The van der Waals surface area contributed by atoms with Crippen LogP contribution in [0.2, 0.25) is 0 Å². The van der Waals surface area contributed by atoms with Gasteiger partial charge in [0.15, 0.2) is 5.69 Å². The summed E-state index contributed by atoms with van der Waals surface area (Å²) in [5.74, 6) is -0.582. The molecule has 0 bridgehead atoms. The number of aromatic carboxylic acids is 1. The van der Waals surface area contributed by atoms with Crippen LogP contribution in [0.1, 0.15) is 27.2 Å². The van der Waals surface area contributed by atoms with Gasteiger partial charge in [0.1, 0.15) is 5.75 Å². The van der Waals surface area contributed by atoms with Crippen molar-refractivity contribution in [3.63, 3.8) is 0 Å². The number of carboxylic acids is 1. The van der Waals surface area contributed by atoms with E-state index in [0.29, 0.717) is 5.75 Å². The van der Waals surface area contributed by atoms with E-state index in [4.69, 9.17) is 14.4 Å². The fourth-order valence-electron chi connectivity index (χ4n) is 2.06. The van der Waals surface area contributed by atoms with Gasteiger partial charge in [-0.3, -0.25) is 0 Å². The van der Waals surface area contributed by atoms with Gasteiger partial charge >= 0.3 is 11.6 Å². The molecule has 1 aromatic heterocycles. The molecule has 106 valence electrons. The van der Waals surface area contributed by atoms with Gasteiger partial charge in [-0.05, 0) is 19.9 Å². The minimum absolute atomic E-state index is 0.0871. The first-order valence-electron chi connectivity index (χ1n) is 6.01. The highest BCUT2D eigenvalue weighted by Gasteiger charge is 2.20. The van der Waals surface area contributed by atoms with Crippen LogP contribution in [0.15, 0.2) is 27.5 Å². The van der Waals surface area contributed by atoms with E-state index in [-0.39, 0.29) is 17.8 Å². The Bertz CT molecular complexity index is 711. The van der Waals surface area contributed by atoms with Crippen LogP contribution in [0, 0.1) is 13.8 Å². The average Bonchev–Trinajstić information content (AvgIpc) is 2.65. The Morgan fingerprint density at radius 3 is 2.70 bits per heavy atom. The third-order valence-corrected chi connectivity index (χ3v) is 3.06. The summed E-state index contributed by atoms with van der Waals surface area (Å²) in [4.78, 5) is 22.7. The molecule has 2 aromatic rings. The van der Waals surface area contributed by atoms with Crippen LogP contribution in [-0.4, -0.2) is 22.9 Å². The number of hydrogen-bond acceptors (Lipinski definition) is 4. The number of benzene rings is 1. The summed E-state index contributed by atoms with van der Waals surface area (Å²) in [6.07, 6.45) is 0. The SMILES string of the molecule is COc1ccc(C)cc1Cn1oc(=O)c(C)c1C(=O)O. The molecule has 0 radical (unpaired) electrons. The van der Waals surface area contributed by atoms with Crippen molar-refractivity contribution in [1.82, 2.24) is 4.74 Å². The number of ether oxygens (including phenoxy) is 1. The molecule has 1 aromatic carbocycles. The van der Waals surface area contributed by atoms with Crippen LogP contribution < -0.4 is 10.4 Å². The zero-order chi connectivity index (χ0) is 14.9. The molecule has 2 rings (SSSR count). The highest BCUT2D eigenvalue weighted by Crippen LogP contribution is 2.21. The van der Waals surface area contributed by atoms with Gasteiger partial charge < -0.3 is 14.4 Å². The van der Waals surface area contributed by atoms with Gasteiger partial charge in [0, 0.05) is 5.56 Å². The molecule has 0 unspecified atom stereocenters. The Hall–Kier alpha value is -2.50. The van der Waals surface area contributed by atoms with Crippen molar-refractivity contribution in [1.29, 1.82) is 0 Å². The summed E-state index contributed by atoms with van der Waals surface area (Å²) in [5, 5.41) is 9.17. The van der Waals surface area contributed by atoms with Crippen LogP contribution in [0.4, 0.5) is 0 Å². The minimum Gasteiger partial charge on any atom is -0.496 e. The number of rotatable bonds is 4. The van der Waals surface area contributed by atoms with Gasteiger partial charge in [0.25, 0.3) is 0 Å². The van der Waals surface area contributed by atoms with Crippen molar-refractivity contribution < 1.29 is 19.2 Å². The molecule has 6 nitrogen and oxygen atoms in total. The predicted molar refractivity (Wildman–Crippen MR) is 71.5 cm³/mol. The van der Waals surface area contributed by atoms with Gasteiger partial charge in [0.05, 0.1) is 19.2 Å². The van der Waals surface area contributed by atoms with Crippen LogP contribution in [0.25, 0.3) is 0 Å². The van der Waals surface area contributed by atoms with Crippen molar-refractivity contribution in [3.8, 4) is 5.75 Å². The quantitative estimate of drug-likeness (QED) is 0.921. The lowest BCUT2D eigenvalue weighted by molar-refractivity contribution is 0.0669. The molecular formula is C14H15NO5. The number of aryl methyl sites for hydroxylation is 1. The van der Waals surface area contributed by atoms with Crippen molar-refractivity contribution in [2.75, 3.05) is 7.11 Å². The Kier molecular flexibility index (Phi) is 3.65. The standard InChI is InChI=1S/C14H15NO5/c1-8-4-5-11(19-3)10(6-8)7-15-12(13(16)17)9(2)14(18)20-15/h4-6H,7H2,1-3H3,(H,16,17). The summed E-state index contributed by atoms with van der Waals surface area (Å²) in [6, 6.07) is 5.54. The molecule has 0 aliphatic carbocycles. The second kappa shape index (κ2) is 5.24. The number of nitrogens with zero attached hydrogens (tertiary/aromatic N) is 1. The largest absolute Gasteiger partial charge is 0.496 e. The van der Waals surface area contributed by atoms with Gasteiger partial charge in [0.2, 0.25) is 0 Å². The van der Waals surface area contributed by atoms with Gasteiger partial charge in [-0.2, -0.15) is 4.74 Å². The number of carboxylic acid groups (broad SMARTS) is 1. The molecule has 0 saturated heterocycles. The van der Waals surface area contributed by atoms with Gasteiger partial charge in [-0.1, -0.05) is 17.7 Å². The Morgan fingerprint density at radius 2 is 2.10 bits per heavy atom. The molecule has 0 spiro atoms. The Morgan fingerprint density at radius 1 is 1.40 bits per heavy atom. The first-order chi connectivity index (χ1) is 9.43. The van der Waals surface area contributed by atoms with Gasteiger partial charge in [-0.15, -0.1) is 0 Å². The molecule has 1 N–H and O–H groups in total. The third kappa shape index (κ3) is 2.45. The zero-order valence-electron chi connectivity index (χ0n) is 11.5. The summed E-state index contributed by atoms with van der Waals surface area (Å²) in [5.41, 5.74) is 1.05. The summed E-state index contributed by atoms with van der Waals surface area (Å²) in [7, 11) is 1.53. The van der Waals surface area contributed by atoms with E-state index in [1.165, 1.54) is 14.0 Å². The van der Waals surface area contributed by atoms with E-state index in [0.717, 1.165) is 15.9 Å². The van der Waals surface area contributed by atoms with E-state index in [2.05, 4.69) is 0 Å².